The first kappa shape index (κ1) is 21.7. The van der Waals surface area contributed by atoms with Crippen LogP contribution in [-0.4, -0.2) is 40.6 Å². The van der Waals surface area contributed by atoms with Gasteiger partial charge in [0.05, 0.1) is 58.0 Å². The standard InChI is InChI=1S/C24H21ClN8O/c1-15(2)11-22-18(14-30-32(22)21-7-3-6-20-17(21)5-4-8-26-20)24(34)31-16-12-19(25)23(27-13-16)33-28-9-10-29-33/h3-10,12-15H,11H2,1-2H3,(H,31,34). The summed E-state index contributed by atoms with van der Waals surface area (Å²) >= 11 is 6.35. The quantitative estimate of drug-likeness (QED) is 0.390. The molecule has 0 saturated carbocycles. The van der Waals surface area contributed by atoms with Crippen LogP contribution in [-0.2, 0) is 6.42 Å². The first-order valence-electron chi connectivity index (χ1n) is 10.8. The van der Waals surface area contributed by atoms with Gasteiger partial charge in [0, 0.05) is 11.6 Å². The number of hydrogen-bond acceptors (Lipinski definition) is 6. The summed E-state index contributed by atoms with van der Waals surface area (Å²) in [6.45, 7) is 4.21. The SMILES string of the molecule is CC(C)Cc1c(C(=O)Nc2cnc(-n3nccn3)c(Cl)c2)cnn1-c1cccc2ncccc12. The predicted octanol–water partition coefficient (Wildman–Crippen LogP) is 4.50. The fourth-order valence-electron chi connectivity index (χ4n) is 3.80. The Balaban J connectivity index is 1.50. The van der Waals surface area contributed by atoms with Gasteiger partial charge in [-0.25, -0.2) is 9.67 Å². The minimum Gasteiger partial charge on any atom is -0.320 e. The first-order chi connectivity index (χ1) is 16.5. The van der Waals surface area contributed by atoms with Crippen molar-refractivity contribution >= 4 is 34.1 Å². The molecule has 0 saturated heterocycles. The summed E-state index contributed by atoms with van der Waals surface area (Å²) in [4.78, 5) is 23.3. The summed E-state index contributed by atoms with van der Waals surface area (Å²) in [5.74, 6) is 0.401. The van der Waals surface area contributed by atoms with Crippen molar-refractivity contribution < 1.29 is 4.79 Å². The lowest BCUT2D eigenvalue weighted by Gasteiger charge is -2.14. The van der Waals surface area contributed by atoms with E-state index in [-0.39, 0.29) is 5.91 Å². The number of anilines is 1. The number of carbonyl (C=O) groups excluding carboxylic acids is 1. The zero-order chi connectivity index (χ0) is 23.7. The molecule has 10 heteroatoms. The number of nitrogens with zero attached hydrogens (tertiary/aromatic N) is 7. The molecule has 0 atom stereocenters. The number of amides is 1. The minimum atomic E-state index is -0.289. The van der Waals surface area contributed by atoms with Gasteiger partial charge in [-0.3, -0.25) is 9.78 Å². The second-order valence-corrected chi connectivity index (χ2v) is 8.57. The van der Waals surface area contributed by atoms with Crippen molar-refractivity contribution in [2.24, 2.45) is 5.92 Å². The highest BCUT2D eigenvalue weighted by atomic mass is 35.5. The third-order valence-electron chi connectivity index (χ3n) is 5.25. The number of benzene rings is 1. The van der Waals surface area contributed by atoms with E-state index in [0.29, 0.717) is 34.4 Å². The maximum Gasteiger partial charge on any atom is 0.259 e. The fourth-order valence-corrected chi connectivity index (χ4v) is 4.04. The number of hydrogen-bond donors (Lipinski definition) is 1. The van der Waals surface area contributed by atoms with Crippen LogP contribution in [0.4, 0.5) is 5.69 Å². The minimum absolute atomic E-state index is 0.289. The Bertz CT molecular complexity index is 1470. The molecule has 0 bridgehead atoms. The topological polar surface area (TPSA) is 103 Å². The molecule has 170 valence electrons. The molecule has 34 heavy (non-hydrogen) atoms. The van der Waals surface area contributed by atoms with Crippen LogP contribution < -0.4 is 5.32 Å². The Labute approximate surface area is 200 Å². The van der Waals surface area contributed by atoms with E-state index < -0.39 is 0 Å². The highest BCUT2D eigenvalue weighted by molar-refractivity contribution is 6.32. The van der Waals surface area contributed by atoms with E-state index in [1.54, 1.807) is 18.5 Å². The highest BCUT2D eigenvalue weighted by Crippen LogP contribution is 2.26. The molecule has 0 radical (unpaired) electrons. The lowest BCUT2D eigenvalue weighted by atomic mass is 10.0. The van der Waals surface area contributed by atoms with Gasteiger partial charge in [-0.2, -0.15) is 15.3 Å². The number of pyridine rings is 2. The van der Waals surface area contributed by atoms with Gasteiger partial charge >= 0.3 is 0 Å². The zero-order valence-corrected chi connectivity index (χ0v) is 19.3. The van der Waals surface area contributed by atoms with Crippen LogP contribution in [0.25, 0.3) is 22.4 Å². The van der Waals surface area contributed by atoms with Crippen LogP contribution in [0.5, 0.6) is 0 Å². The van der Waals surface area contributed by atoms with Gasteiger partial charge in [0.2, 0.25) is 0 Å². The van der Waals surface area contributed by atoms with Crippen LogP contribution in [0.3, 0.4) is 0 Å². The lowest BCUT2D eigenvalue weighted by molar-refractivity contribution is 0.102. The number of halogens is 1. The number of fused-ring (bicyclic) bond motifs is 1. The van der Waals surface area contributed by atoms with E-state index in [9.17, 15) is 4.79 Å². The summed E-state index contributed by atoms with van der Waals surface area (Å²) in [7, 11) is 0. The molecule has 0 aliphatic carbocycles. The van der Waals surface area contributed by atoms with Crippen molar-refractivity contribution in [1.29, 1.82) is 0 Å². The Kier molecular flexibility index (Phi) is 5.77. The van der Waals surface area contributed by atoms with Gasteiger partial charge < -0.3 is 5.32 Å². The molecular formula is C24H21ClN8O. The van der Waals surface area contributed by atoms with Crippen molar-refractivity contribution in [3.63, 3.8) is 0 Å². The van der Waals surface area contributed by atoms with Gasteiger partial charge in [-0.15, -0.1) is 4.80 Å². The van der Waals surface area contributed by atoms with E-state index >= 15 is 0 Å². The van der Waals surface area contributed by atoms with E-state index in [1.165, 1.54) is 23.4 Å². The predicted molar refractivity (Wildman–Crippen MR) is 130 cm³/mol. The van der Waals surface area contributed by atoms with Crippen molar-refractivity contribution in [3.8, 4) is 11.5 Å². The summed E-state index contributed by atoms with van der Waals surface area (Å²) < 4.78 is 1.83. The van der Waals surface area contributed by atoms with Crippen LogP contribution in [0.2, 0.25) is 5.02 Å². The normalized spacial score (nSPS) is 11.3. The molecule has 9 nitrogen and oxygen atoms in total. The van der Waals surface area contributed by atoms with E-state index in [2.05, 4.69) is 44.4 Å². The number of nitrogens with one attached hydrogen (secondary N) is 1. The lowest BCUT2D eigenvalue weighted by Crippen LogP contribution is -2.16. The van der Waals surface area contributed by atoms with E-state index in [0.717, 1.165) is 22.3 Å². The van der Waals surface area contributed by atoms with Gasteiger partial charge in [-0.1, -0.05) is 31.5 Å². The number of carbonyl (C=O) groups is 1. The summed E-state index contributed by atoms with van der Waals surface area (Å²) in [5.41, 5.74) is 3.51. The average molecular weight is 473 g/mol. The molecule has 4 aromatic heterocycles. The van der Waals surface area contributed by atoms with Crippen molar-refractivity contribution in [3.05, 3.63) is 83.7 Å². The summed E-state index contributed by atoms with van der Waals surface area (Å²) in [6.07, 6.45) is 8.62. The smallest absolute Gasteiger partial charge is 0.259 e. The van der Waals surface area contributed by atoms with Crippen LogP contribution in [0, 0.1) is 5.92 Å². The van der Waals surface area contributed by atoms with Gasteiger partial charge in [0.15, 0.2) is 5.82 Å². The fraction of sp³-hybridized carbons (Fsp3) is 0.167. The maximum atomic E-state index is 13.3. The zero-order valence-electron chi connectivity index (χ0n) is 18.6. The van der Waals surface area contributed by atoms with Crippen molar-refractivity contribution in [2.45, 2.75) is 20.3 Å². The molecule has 0 spiro atoms. The average Bonchev–Trinajstić information content (AvgIpc) is 3.49. The Morgan fingerprint density at radius 3 is 2.62 bits per heavy atom. The Hall–Kier alpha value is -4.11. The monoisotopic (exact) mass is 472 g/mol. The summed E-state index contributed by atoms with van der Waals surface area (Å²) in [6, 6.07) is 11.4. The van der Waals surface area contributed by atoms with Gasteiger partial charge in [0.1, 0.15) is 0 Å². The van der Waals surface area contributed by atoms with Crippen LogP contribution >= 0.6 is 11.6 Å². The molecule has 0 aliphatic rings. The van der Waals surface area contributed by atoms with Gasteiger partial charge in [0.25, 0.3) is 5.91 Å². The maximum absolute atomic E-state index is 13.3. The molecular weight excluding hydrogens is 452 g/mol. The molecule has 0 fully saturated rings. The van der Waals surface area contributed by atoms with E-state index in [4.69, 9.17) is 11.6 Å². The van der Waals surface area contributed by atoms with Crippen molar-refractivity contribution in [2.75, 3.05) is 5.32 Å². The first-order valence-corrected chi connectivity index (χ1v) is 11.1. The second kappa shape index (κ2) is 9.03. The molecule has 5 aromatic rings. The molecule has 0 aliphatic heterocycles. The van der Waals surface area contributed by atoms with E-state index in [1.807, 2.05) is 35.0 Å². The molecule has 4 heterocycles. The highest BCUT2D eigenvalue weighted by Gasteiger charge is 2.21. The van der Waals surface area contributed by atoms with Crippen molar-refractivity contribution in [1.82, 2.24) is 34.7 Å². The number of aromatic nitrogens is 7. The van der Waals surface area contributed by atoms with Gasteiger partial charge in [-0.05, 0) is 42.7 Å². The van der Waals surface area contributed by atoms with Crippen LogP contribution in [0.15, 0.2) is 67.4 Å². The summed E-state index contributed by atoms with van der Waals surface area (Å²) in [5, 5.41) is 16.8. The van der Waals surface area contributed by atoms with Crippen LogP contribution in [0.1, 0.15) is 29.9 Å². The molecule has 1 N–H and O–H groups in total. The Morgan fingerprint density at radius 2 is 1.85 bits per heavy atom. The Morgan fingerprint density at radius 1 is 1.03 bits per heavy atom. The molecule has 0 unspecified atom stereocenters. The second-order valence-electron chi connectivity index (χ2n) is 8.16. The molecule has 1 amide bonds. The molecule has 1 aromatic carbocycles. The third kappa shape index (κ3) is 4.13. The third-order valence-corrected chi connectivity index (χ3v) is 5.53. The molecule has 5 rings (SSSR count). The largest absolute Gasteiger partial charge is 0.320 e. The number of rotatable bonds is 6.